The molecule has 0 atom stereocenters. The third kappa shape index (κ3) is 2.80. The molecule has 0 saturated carbocycles. The molecule has 1 heterocycles. The van der Waals surface area contributed by atoms with Gasteiger partial charge in [-0.05, 0) is 48.4 Å². The van der Waals surface area contributed by atoms with Crippen molar-refractivity contribution in [2.45, 2.75) is 18.2 Å². The summed E-state index contributed by atoms with van der Waals surface area (Å²) in [6, 6.07) is 9.66. The van der Waals surface area contributed by atoms with Gasteiger partial charge in [-0.1, -0.05) is 17.7 Å². The average molecular weight is 337 g/mol. The van der Waals surface area contributed by atoms with Crippen LogP contribution in [0.25, 0.3) is 0 Å². The number of sulfonamides is 1. The predicted octanol–water partition coefficient (Wildman–Crippen LogP) is 2.94. The van der Waals surface area contributed by atoms with Crippen molar-refractivity contribution in [3.8, 4) is 0 Å². The average Bonchev–Trinajstić information content (AvgIpc) is 2.80. The zero-order valence-electron chi connectivity index (χ0n) is 11.7. The fourth-order valence-electron chi connectivity index (χ4n) is 2.37. The van der Waals surface area contributed by atoms with Crippen LogP contribution >= 0.6 is 11.6 Å². The number of nitrogens with one attached hydrogen (secondary N) is 2. The minimum atomic E-state index is -3.74. The molecule has 0 aliphatic carbocycles. The molecule has 114 valence electrons. The zero-order valence-corrected chi connectivity index (χ0v) is 13.3. The Balaban J connectivity index is 1.94. The minimum absolute atomic E-state index is 0.0966. The molecule has 0 unspecified atom stereocenters. The highest BCUT2D eigenvalue weighted by atomic mass is 35.5. The molecule has 1 amide bonds. The molecule has 22 heavy (non-hydrogen) atoms. The van der Waals surface area contributed by atoms with Crippen LogP contribution in [0.3, 0.4) is 0 Å². The second-order valence-electron chi connectivity index (χ2n) is 5.11. The van der Waals surface area contributed by atoms with Crippen LogP contribution in [0.1, 0.15) is 11.1 Å². The maximum Gasteiger partial charge on any atom is 0.262 e. The topological polar surface area (TPSA) is 75.3 Å². The van der Waals surface area contributed by atoms with Gasteiger partial charge in [0.05, 0.1) is 11.3 Å². The summed E-state index contributed by atoms with van der Waals surface area (Å²) in [5.74, 6) is -0.0966. The molecule has 5 nitrogen and oxygen atoms in total. The maximum atomic E-state index is 12.5. The van der Waals surface area contributed by atoms with Crippen molar-refractivity contribution in [1.82, 2.24) is 0 Å². The summed E-state index contributed by atoms with van der Waals surface area (Å²) in [5.41, 5.74) is 2.50. The molecule has 7 heteroatoms. The van der Waals surface area contributed by atoms with Gasteiger partial charge in [0.25, 0.3) is 10.0 Å². The van der Waals surface area contributed by atoms with Gasteiger partial charge in [-0.2, -0.15) is 0 Å². The van der Waals surface area contributed by atoms with Crippen LogP contribution in [0.4, 0.5) is 11.4 Å². The van der Waals surface area contributed by atoms with Crippen LogP contribution in [0.5, 0.6) is 0 Å². The maximum absolute atomic E-state index is 12.5. The SMILES string of the molecule is Cc1ccc(Cl)cc1S(=O)(=O)Nc1ccc2c(c1)CC(=O)N2. The van der Waals surface area contributed by atoms with Gasteiger partial charge in [0.2, 0.25) is 5.91 Å². The van der Waals surface area contributed by atoms with Crippen LogP contribution in [-0.4, -0.2) is 14.3 Å². The van der Waals surface area contributed by atoms with Gasteiger partial charge in [-0.25, -0.2) is 8.42 Å². The lowest BCUT2D eigenvalue weighted by molar-refractivity contribution is -0.115. The van der Waals surface area contributed by atoms with Gasteiger partial charge in [0.1, 0.15) is 0 Å². The molecule has 1 aliphatic heterocycles. The first-order chi connectivity index (χ1) is 10.3. The van der Waals surface area contributed by atoms with Crippen molar-refractivity contribution in [1.29, 1.82) is 0 Å². The fourth-order valence-corrected chi connectivity index (χ4v) is 3.92. The van der Waals surface area contributed by atoms with E-state index in [0.717, 1.165) is 5.56 Å². The summed E-state index contributed by atoms with van der Waals surface area (Å²) in [4.78, 5) is 11.5. The van der Waals surface area contributed by atoms with E-state index in [1.807, 2.05) is 0 Å². The lowest BCUT2D eigenvalue weighted by Gasteiger charge is -2.11. The normalized spacial score (nSPS) is 13.6. The van der Waals surface area contributed by atoms with Gasteiger partial charge < -0.3 is 5.32 Å². The van der Waals surface area contributed by atoms with Crippen LogP contribution < -0.4 is 10.0 Å². The third-order valence-electron chi connectivity index (χ3n) is 3.42. The number of hydrogen-bond donors (Lipinski definition) is 2. The Morgan fingerprint density at radius 3 is 2.73 bits per heavy atom. The van der Waals surface area contributed by atoms with E-state index < -0.39 is 10.0 Å². The van der Waals surface area contributed by atoms with E-state index in [-0.39, 0.29) is 17.2 Å². The lowest BCUT2D eigenvalue weighted by atomic mass is 10.1. The Bertz CT molecular complexity index is 878. The Kier molecular flexibility index (Phi) is 3.58. The van der Waals surface area contributed by atoms with Crippen molar-refractivity contribution in [2.24, 2.45) is 0 Å². The molecule has 0 radical (unpaired) electrons. The summed E-state index contributed by atoms with van der Waals surface area (Å²) in [6.07, 6.45) is 0.251. The van der Waals surface area contributed by atoms with Crippen LogP contribution in [0.15, 0.2) is 41.3 Å². The molecule has 3 rings (SSSR count). The summed E-state index contributed by atoms with van der Waals surface area (Å²) in [7, 11) is -3.74. The van der Waals surface area contributed by atoms with Gasteiger partial charge >= 0.3 is 0 Å². The summed E-state index contributed by atoms with van der Waals surface area (Å²) in [5, 5.41) is 3.06. The Morgan fingerprint density at radius 1 is 1.18 bits per heavy atom. The van der Waals surface area contributed by atoms with Gasteiger partial charge in [-0.15, -0.1) is 0 Å². The van der Waals surface area contributed by atoms with E-state index in [9.17, 15) is 13.2 Å². The van der Waals surface area contributed by atoms with Gasteiger partial charge in [0.15, 0.2) is 0 Å². The first kappa shape index (κ1) is 14.9. The number of carbonyl (C=O) groups excluding carboxylic acids is 1. The summed E-state index contributed by atoms with van der Waals surface area (Å²) >= 11 is 5.88. The van der Waals surface area contributed by atoms with Crippen LogP contribution in [0.2, 0.25) is 5.02 Å². The molecule has 0 spiro atoms. The van der Waals surface area contributed by atoms with Crippen molar-refractivity contribution in [3.05, 3.63) is 52.5 Å². The molecule has 0 saturated heterocycles. The number of rotatable bonds is 3. The molecular weight excluding hydrogens is 324 g/mol. The Morgan fingerprint density at radius 2 is 1.95 bits per heavy atom. The summed E-state index contributed by atoms with van der Waals surface area (Å²) in [6.45, 7) is 1.70. The van der Waals surface area contributed by atoms with E-state index >= 15 is 0 Å². The standard InChI is InChI=1S/C15H13ClN2O3S/c1-9-2-3-11(16)8-14(9)22(20,21)18-12-4-5-13-10(6-12)7-15(19)17-13/h2-6,8,18H,7H2,1H3,(H,17,19). The molecule has 2 aromatic rings. The molecule has 1 aliphatic rings. The largest absolute Gasteiger partial charge is 0.326 e. The van der Waals surface area contributed by atoms with E-state index in [1.165, 1.54) is 6.07 Å². The number of carbonyl (C=O) groups is 1. The van der Waals surface area contributed by atoms with Crippen molar-refractivity contribution in [2.75, 3.05) is 10.0 Å². The van der Waals surface area contributed by atoms with Crippen LogP contribution in [-0.2, 0) is 21.2 Å². The molecule has 2 aromatic carbocycles. The number of fused-ring (bicyclic) bond motifs is 1. The first-order valence-electron chi connectivity index (χ1n) is 6.57. The second kappa shape index (κ2) is 5.30. The molecule has 2 N–H and O–H groups in total. The lowest BCUT2D eigenvalue weighted by Crippen LogP contribution is -2.14. The van der Waals surface area contributed by atoms with E-state index in [0.29, 0.717) is 22.0 Å². The number of benzene rings is 2. The van der Waals surface area contributed by atoms with Crippen molar-refractivity contribution in [3.63, 3.8) is 0 Å². The highest BCUT2D eigenvalue weighted by Gasteiger charge is 2.21. The molecule has 0 bridgehead atoms. The zero-order chi connectivity index (χ0) is 15.9. The number of anilines is 2. The van der Waals surface area contributed by atoms with Crippen molar-refractivity contribution < 1.29 is 13.2 Å². The first-order valence-corrected chi connectivity index (χ1v) is 8.43. The van der Waals surface area contributed by atoms with Gasteiger partial charge in [0, 0.05) is 16.4 Å². The highest BCUT2D eigenvalue weighted by molar-refractivity contribution is 7.92. The number of hydrogen-bond acceptors (Lipinski definition) is 3. The second-order valence-corrected chi connectivity index (χ2v) is 7.20. The van der Waals surface area contributed by atoms with E-state index in [1.54, 1.807) is 37.3 Å². The van der Waals surface area contributed by atoms with E-state index in [4.69, 9.17) is 11.6 Å². The third-order valence-corrected chi connectivity index (χ3v) is 5.18. The number of aryl methyl sites for hydroxylation is 1. The monoisotopic (exact) mass is 336 g/mol. The number of amides is 1. The van der Waals surface area contributed by atoms with Crippen LogP contribution in [0, 0.1) is 6.92 Å². The van der Waals surface area contributed by atoms with E-state index in [2.05, 4.69) is 10.0 Å². The highest BCUT2D eigenvalue weighted by Crippen LogP contribution is 2.28. The van der Waals surface area contributed by atoms with Gasteiger partial charge in [-0.3, -0.25) is 9.52 Å². The molecule has 0 fully saturated rings. The fraction of sp³-hybridized carbons (Fsp3) is 0.133. The predicted molar refractivity (Wildman–Crippen MR) is 85.8 cm³/mol. The molecular formula is C15H13ClN2O3S. The Hall–Kier alpha value is -2.05. The van der Waals surface area contributed by atoms with Crippen molar-refractivity contribution >= 4 is 38.9 Å². The smallest absolute Gasteiger partial charge is 0.262 e. The Labute approximate surface area is 133 Å². The summed E-state index contributed by atoms with van der Waals surface area (Å²) < 4.78 is 27.5. The minimum Gasteiger partial charge on any atom is -0.326 e. The quantitative estimate of drug-likeness (QED) is 0.904. The number of halogens is 1. The molecule has 0 aromatic heterocycles.